The predicted molar refractivity (Wildman–Crippen MR) is 87.0 cm³/mol. The summed E-state index contributed by atoms with van der Waals surface area (Å²) in [5, 5.41) is 3.18. The molecule has 2 rings (SSSR count). The first-order valence-electron chi connectivity index (χ1n) is 7.52. The molecule has 2 aromatic rings. The minimum Gasteiger partial charge on any atom is -0.439 e. The summed E-state index contributed by atoms with van der Waals surface area (Å²) in [4.78, 5) is 4.54. The molecular formula is C18H24N2O. The van der Waals surface area contributed by atoms with Crippen molar-refractivity contribution in [3.05, 3.63) is 52.7 Å². The van der Waals surface area contributed by atoms with Gasteiger partial charge in [-0.2, -0.15) is 0 Å². The van der Waals surface area contributed by atoms with Crippen molar-refractivity contribution in [1.29, 1.82) is 0 Å². The van der Waals surface area contributed by atoms with Crippen molar-refractivity contribution in [2.45, 2.75) is 40.2 Å². The molecule has 0 saturated carbocycles. The van der Waals surface area contributed by atoms with E-state index in [9.17, 15) is 0 Å². The third kappa shape index (κ3) is 4.05. The molecule has 0 aliphatic rings. The largest absolute Gasteiger partial charge is 0.439 e. The first-order chi connectivity index (χ1) is 10.1. The number of hydrogen-bond donors (Lipinski definition) is 1. The fourth-order valence-electron chi connectivity index (χ4n) is 2.43. The van der Waals surface area contributed by atoms with Crippen LogP contribution in [0.25, 0.3) is 0 Å². The van der Waals surface area contributed by atoms with Gasteiger partial charge in [-0.15, -0.1) is 0 Å². The Kier molecular flexibility index (Phi) is 5.34. The number of pyridine rings is 1. The van der Waals surface area contributed by atoms with E-state index in [1.807, 2.05) is 26.1 Å². The van der Waals surface area contributed by atoms with Crippen molar-refractivity contribution in [1.82, 2.24) is 10.3 Å². The molecule has 0 spiro atoms. The number of aromatic nitrogens is 1. The van der Waals surface area contributed by atoms with Crippen molar-refractivity contribution in [3.63, 3.8) is 0 Å². The van der Waals surface area contributed by atoms with Crippen molar-refractivity contribution in [2.75, 3.05) is 7.05 Å². The van der Waals surface area contributed by atoms with Crippen LogP contribution in [-0.2, 0) is 13.0 Å². The lowest BCUT2D eigenvalue weighted by molar-refractivity contribution is 0.452. The number of nitrogens with zero attached hydrogens (tertiary/aromatic N) is 1. The Balaban J connectivity index is 2.25. The van der Waals surface area contributed by atoms with Crippen LogP contribution in [0.5, 0.6) is 11.6 Å². The van der Waals surface area contributed by atoms with Gasteiger partial charge in [-0.3, -0.25) is 0 Å². The lowest BCUT2D eigenvalue weighted by Crippen LogP contribution is -2.09. The number of rotatable bonds is 6. The van der Waals surface area contributed by atoms with Crippen LogP contribution in [0.1, 0.15) is 35.7 Å². The smallest absolute Gasteiger partial charge is 0.224 e. The molecule has 3 nitrogen and oxygen atoms in total. The van der Waals surface area contributed by atoms with E-state index in [0.29, 0.717) is 5.88 Å². The summed E-state index contributed by atoms with van der Waals surface area (Å²) in [7, 11) is 1.93. The molecule has 0 radical (unpaired) electrons. The van der Waals surface area contributed by atoms with Gasteiger partial charge in [-0.1, -0.05) is 25.5 Å². The molecular weight excluding hydrogens is 260 g/mol. The highest BCUT2D eigenvalue weighted by atomic mass is 16.5. The molecule has 1 aromatic carbocycles. The van der Waals surface area contributed by atoms with Crippen LogP contribution in [0.4, 0.5) is 0 Å². The number of hydrogen-bond acceptors (Lipinski definition) is 3. The maximum Gasteiger partial charge on any atom is 0.224 e. The maximum absolute atomic E-state index is 6.01. The molecule has 0 amide bonds. The molecule has 112 valence electrons. The highest BCUT2D eigenvalue weighted by molar-refractivity contribution is 5.39. The van der Waals surface area contributed by atoms with Crippen molar-refractivity contribution in [2.24, 2.45) is 0 Å². The zero-order chi connectivity index (χ0) is 15.2. The van der Waals surface area contributed by atoms with Gasteiger partial charge in [0, 0.05) is 17.8 Å². The van der Waals surface area contributed by atoms with Gasteiger partial charge >= 0.3 is 0 Å². The average molecular weight is 284 g/mol. The van der Waals surface area contributed by atoms with E-state index in [2.05, 4.69) is 42.3 Å². The molecule has 1 N–H and O–H groups in total. The minimum atomic E-state index is 0.699. The number of benzene rings is 1. The second kappa shape index (κ2) is 7.23. The summed E-state index contributed by atoms with van der Waals surface area (Å²) in [6, 6.07) is 10.4. The summed E-state index contributed by atoms with van der Waals surface area (Å²) >= 11 is 0. The minimum absolute atomic E-state index is 0.699. The van der Waals surface area contributed by atoms with E-state index >= 15 is 0 Å². The molecule has 0 aliphatic carbocycles. The third-order valence-corrected chi connectivity index (χ3v) is 3.47. The van der Waals surface area contributed by atoms with Crippen molar-refractivity contribution >= 4 is 0 Å². The van der Waals surface area contributed by atoms with Crippen LogP contribution < -0.4 is 10.1 Å². The summed E-state index contributed by atoms with van der Waals surface area (Å²) in [6.45, 7) is 7.03. The molecule has 0 saturated heterocycles. The van der Waals surface area contributed by atoms with Gasteiger partial charge in [0.05, 0.1) is 0 Å². The summed E-state index contributed by atoms with van der Waals surface area (Å²) in [5.41, 5.74) is 4.63. The zero-order valence-corrected chi connectivity index (χ0v) is 13.4. The molecule has 21 heavy (non-hydrogen) atoms. The fraction of sp³-hybridized carbons (Fsp3) is 0.389. The summed E-state index contributed by atoms with van der Waals surface area (Å²) in [5.74, 6) is 1.54. The van der Waals surface area contributed by atoms with Crippen LogP contribution in [-0.4, -0.2) is 12.0 Å². The SMILES string of the molecule is CCCc1ccc(Oc2nc(C)cc(C)c2CNC)cc1. The normalized spacial score (nSPS) is 10.7. The highest BCUT2D eigenvalue weighted by Crippen LogP contribution is 2.26. The quantitative estimate of drug-likeness (QED) is 0.864. The molecule has 1 heterocycles. The van der Waals surface area contributed by atoms with E-state index in [0.717, 1.165) is 36.4 Å². The Bertz CT molecular complexity index is 591. The van der Waals surface area contributed by atoms with Crippen LogP contribution in [0, 0.1) is 13.8 Å². The number of aryl methyl sites for hydroxylation is 3. The lowest BCUT2D eigenvalue weighted by atomic mass is 10.1. The first kappa shape index (κ1) is 15.5. The molecule has 0 atom stereocenters. The lowest BCUT2D eigenvalue weighted by Gasteiger charge is -2.13. The molecule has 0 fully saturated rings. The molecule has 1 aromatic heterocycles. The zero-order valence-electron chi connectivity index (χ0n) is 13.4. The van der Waals surface area contributed by atoms with E-state index in [1.165, 1.54) is 11.1 Å². The monoisotopic (exact) mass is 284 g/mol. The van der Waals surface area contributed by atoms with Crippen molar-refractivity contribution in [3.8, 4) is 11.6 Å². The van der Waals surface area contributed by atoms with Gasteiger partial charge in [-0.25, -0.2) is 4.98 Å². The van der Waals surface area contributed by atoms with Gasteiger partial charge in [0.15, 0.2) is 0 Å². The predicted octanol–water partition coefficient (Wildman–Crippen LogP) is 4.16. The summed E-state index contributed by atoms with van der Waals surface area (Å²) < 4.78 is 6.01. The van der Waals surface area contributed by atoms with Crippen LogP contribution in [0.3, 0.4) is 0 Å². The van der Waals surface area contributed by atoms with Crippen molar-refractivity contribution < 1.29 is 4.74 Å². The van der Waals surface area contributed by atoms with E-state index < -0.39 is 0 Å². The van der Waals surface area contributed by atoms with E-state index in [4.69, 9.17) is 4.74 Å². The van der Waals surface area contributed by atoms with Gasteiger partial charge in [-0.05, 0) is 56.6 Å². The standard InChI is InChI=1S/C18H24N2O/c1-5-6-15-7-9-16(10-8-15)21-18-17(12-19-4)13(2)11-14(3)20-18/h7-11,19H,5-6,12H2,1-4H3. The van der Waals surface area contributed by atoms with Crippen LogP contribution in [0.15, 0.2) is 30.3 Å². The van der Waals surface area contributed by atoms with Crippen LogP contribution >= 0.6 is 0 Å². The van der Waals surface area contributed by atoms with Crippen LogP contribution in [0.2, 0.25) is 0 Å². The van der Waals surface area contributed by atoms with Gasteiger partial charge in [0.2, 0.25) is 5.88 Å². The Labute approximate surface area is 127 Å². The van der Waals surface area contributed by atoms with Gasteiger partial charge in [0.25, 0.3) is 0 Å². The Hall–Kier alpha value is -1.87. The number of nitrogens with one attached hydrogen (secondary N) is 1. The first-order valence-corrected chi connectivity index (χ1v) is 7.52. The Morgan fingerprint density at radius 1 is 1.14 bits per heavy atom. The molecule has 0 aliphatic heterocycles. The average Bonchev–Trinajstić information content (AvgIpc) is 2.45. The molecule has 0 unspecified atom stereocenters. The molecule has 0 bridgehead atoms. The molecule has 3 heteroatoms. The Morgan fingerprint density at radius 3 is 2.48 bits per heavy atom. The van der Waals surface area contributed by atoms with Gasteiger partial charge < -0.3 is 10.1 Å². The Morgan fingerprint density at radius 2 is 1.86 bits per heavy atom. The van der Waals surface area contributed by atoms with E-state index in [-0.39, 0.29) is 0 Å². The van der Waals surface area contributed by atoms with E-state index in [1.54, 1.807) is 0 Å². The highest BCUT2D eigenvalue weighted by Gasteiger charge is 2.10. The maximum atomic E-state index is 6.01. The second-order valence-corrected chi connectivity index (χ2v) is 5.39. The topological polar surface area (TPSA) is 34.1 Å². The van der Waals surface area contributed by atoms with Gasteiger partial charge in [0.1, 0.15) is 5.75 Å². The number of ether oxygens (including phenoxy) is 1. The second-order valence-electron chi connectivity index (χ2n) is 5.39. The fourth-order valence-corrected chi connectivity index (χ4v) is 2.43. The summed E-state index contributed by atoms with van der Waals surface area (Å²) in [6.07, 6.45) is 2.26. The third-order valence-electron chi connectivity index (χ3n) is 3.47.